The predicted octanol–water partition coefficient (Wildman–Crippen LogP) is 1.63. The van der Waals surface area contributed by atoms with Gasteiger partial charge in [-0.1, -0.05) is 0 Å². The molecule has 2 fully saturated rings. The van der Waals surface area contributed by atoms with E-state index in [0.717, 1.165) is 32.3 Å². The molecule has 2 aliphatic heterocycles. The zero-order valence-corrected chi connectivity index (χ0v) is 8.24. The molecule has 0 aromatic rings. The molecular weight excluding hydrogens is 184 g/mol. The molecule has 4 heteroatoms. The molecule has 0 spiro atoms. The van der Waals surface area contributed by atoms with Crippen molar-refractivity contribution in [3.05, 3.63) is 6.29 Å². The SMILES string of the molecule is [O]C1CC[C@@H](CO[C]2CCCCO2)O1. The van der Waals surface area contributed by atoms with Crippen LogP contribution in [0.2, 0.25) is 0 Å². The summed E-state index contributed by atoms with van der Waals surface area (Å²) >= 11 is 0. The van der Waals surface area contributed by atoms with Crippen LogP contribution in [0.25, 0.3) is 0 Å². The van der Waals surface area contributed by atoms with Crippen molar-refractivity contribution >= 4 is 0 Å². The van der Waals surface area contributed by atoms with Gasteiger partial charge in [-0.25, -0.2) is 5.11 Å². The molecule has 4 nitrogen and oxygen atoms in total. The van der Waals surface area contributed by atoms with Crippen molar-refractivity contribution in [2.75, 3.05) is 13.2 Å². The topological polar surface area (TPSA) is 47.6 Å². The van der Waals surface area contributed by atoms with Gasteiger partial charge in [-0.15, -0.1) is 0 Å². The Morgan fingerprint density at radius 3 is 2.93 bits per heavy atom. The molecule has 0 saturated carbocycles. The van der Waals surface area contributed by atoms with E-state index in [1.54, 1.807) is 0 Å². The van der Waals surface area contributed by atoms with Crippen LogP contribution in [-0.4, -0.2) is 25.6 Å². The van der Waals surface area contributed by atoms with Gasteiger partial charge in [-0.05, 0) is 19.3 Å². The highest BCUT2D eigenvalue weighted by Crippen LogP contribution is 2.23. The Balaban J connectivity index is 1.61. The smallest absolute Gasteiger partial charge is 0.223 e. The Morgan fingerprint density at radius 2 is 2.29 bits per heavy atom. The first kappa shape index (κ1) is 10.4. The fraction of sp³-hybridized carbons (Fsp3) is 0.900. The van der Waals surface area contributed by atoms with Crippen molar-refractivity contribution in [1.29, 1.82) is 0 Å². The highest BCUT2D eigenvalue weighted by Gasteiger charge is 2.26. The Bertz CT molecular complexity index is 163. The number of hydrogen-bond donors (Lipinski definition) is 0. The van der Waals surface area contributed by atoms with Crippen LogP contribution in [-0.2, 0) is 19.3 Å². The second-order valence-corrected chi connectivity index (χ2v) is 3.75. The van der Waals surface area contributed by atoms with E-state index < -0.39 is 6.29 Å². The van der Waals surface area contributed by atoms with Crippen LogP contribution >= 0.6 is 0 Å². The molecule has 0 aromatic heterocycles. The number of rotatable bonds is 3. The molecule has 2 aliphatic rings. The van der Waals surface area contributed by atoms with Gasteiger partial charge in [0.1, 0.15) is 0 Å². The van der Waals surface area contributed by atoms with Gasteiger partial charge >= 0.3 is 0 Å². The summed E-state index contributed by atoms with van der Waals surface area (Å²) in [6, 6.07) is 0. The van der Waals surface area contributed by atoms with Crippen molar-refractivity contribution in [3.8, 4) is 0 Å². The van der Waals surface area contributed by atoms with Gasteiger partial charge < -0.3 is 14.2 Å². The Morgan fingerprint density at radius 1 is 1.36 bits per heavy atom. The van der Waals surface area contributed by atoms with E-state index in [1.165, 1.54) is 0 Å². The molecule has 1 unspecified atom stereocenters. The lowest BCUT2D eigenvalue weighted by atomic mass is 10.2. The van der Waals surface area contributed by atoms with E-state index in [2.05, 4.69) is 0 Å². The molecule has 0 bridgehead atoms. The van der Waals surface area contributed by atoms with Crippen LogP contribution in [0.1, 0.15) is 32.1 Å². The van der Waals surface area contributed by atoms with Gasteiger partial charge in [0.15, 0.2) is 6.29 Å². The minimum absolute atomic E-state index is 0.0319. The second-order valence-electron chi connectivity index (χ2n) is 3.75. The van der Waals surface area contributed by atoms with E-state index in [1.807, 2.05) is 0 Å². The summed E-state index contributed by atoms with van der Waals surface area (Å²) in [6.07, 6.45) is 4.37. The summed E-state index contributed by atoms with van der Waals surface area (Å²) in [5.41, 5.74) is 0. The lowest BCUT2D eigenvalue weighted by Crippen LogP contribution is -2.21. The lowest BCUT2D eigenvalue weighted by molar-refractivity contribution is -0.155. The molecule has 0 N–H and O–H groups in total. The third-order valence-electron chi connectivity index (χ3n) is 2.54. The monoisotopic (exact) mass is 200 g/mol. The predicted molar refractivity (Wildman–Crippen MR) is 47.6 cm³/mol. The minimum atomic E-state index is -0.846. The molecular formula is C10H16O4. The van der Waals surface area contributed by atoms with E-state index >= 15 is 0 Å². The molecule has 0 aromatic carbocycles. The fourth-order valence-electron chi connectivity index (χ4n) is 1.72. The molecule has 14 heavy (non-hydrogen) atoms. The Kier molecular flexibility index (Phi) is 3.75. The van der Waals surface area contributed by atoms with Crippen LogP contribution in [0.5, 0.6) is 0 Å². The van der Waals surface area contributed by atoms with E-state index in [4.69, 9.17) is 14.2 Å². The van der Waals surface area contributed by atoms with Gasteiger partial charge in [-0.3, -0.25) is 0 Å². The average molecular weight is 200 g/mol. The van der Waals surface area contributed by atoms with E-state index in [0.29, 0.717) is 19.3 Å². The zero-order valence-electron chi connectivity index (χ0n) is 8.24. The molecule has 0 amide bonds. The average Bonchev–Trinajstić information content (AvgIpc) is 2.63. The summed E-state index contributed by atoms with van der Waals surface area (Å²) in [7, 11) is 0. The molecule has 2 atom stereocenters. The summed E-state index contributed by atoms with van der Waals surface area (Å²) in [5, 5.41) is 10.9. The van der Waals surface area contributed by atoms with Gasteiger partial charge in [0.2, 0.25) is 6.29 Å². The van der Waals surface area contributed by atoms with E-state index in [9.17, 15) is 5.11 Å². The summed E-state index contributed by atoms with van der Waals surface area (Å²) in [4.78, 5) is 0. The van der Waals surface area contributed by atoms with Crippen LogP contribution in [0, 0.1) is 6.29 Å². The second kappa shape index (κ2) is 5.07. The maximum Gasteiger partial charge on any atom is 0.223 e. The minimum Gasteiger partial charge on any atom is -0.345 e. The molecule has 2 saturated heterocycles. The molecule has 2 rings (SSSR count). The largest absolute Gasteiger partial charge is 0.345 e. The molecule has 2 heterocycles. The van der Waals surface area contributed by atoms with Crippen LogP contribution < -0.4 is 0 Å². The molecule has 80 valence electrons. The van der Waals surface area contributed by atoms with Gasteiger partial charge in [0.05, 0.1) is 19.3 Å². The Labute approximate surface area is 84.1 Å². The van der Waals surface area contributed by atoms with Crippen LogP contribution in [0.4, 0.5) is 0 Å². The number of ether oxygens (including phenoxy) is 3. The van der Waals surface area contributed by atoms with Crippen molar-refractivity contribution < 1.29 is 19.3 Å². The fourth-order valence-corrected chi connectivity index (χ4v) is 1.72. The van der Waals surface area contributed by atoms with Crippen LogP contribution in [0.3, 0.4) is 0 Å². The summed E-state index contributed by atoms with van der Waals surface area (Å²) < 4.78 is 15.9. The standard InChI is InChI=1S/C10H16O4/c11-9-5-4-8(14-9)7-13-10-3-1-2-6-12-10/h8-9H,1-7H2/t8-,9?/m0/s1. The third kappa shape index (κ3) is 2.92. The Hall–Kier alpha value is -0.160. The normalized spacial score (nSPS) is 34.9. The maximum atomic E-state index is 10.9. The first-order valence-electron chi connectivity index (χ1n) is 5.27. The molecule has 2 radical (unpaired) electrons. The summed E-state index contributed by atoms with van der Waals surface area (Å²) in [5.74, 6) is 0. The van der Waals surface area contributed by atoms with Crippen molar-refractivity contribution in [3.63, 3.8) is 0 Å². The summed E-state index contributed by atoms with van der Waals surface area (Å²) in [6.45, 7) is 1.22. The van der Waals surface area contributed by atoms with Gasteiger partial charge in [-0.2, -0.15) is 0 Å². The van der Waals surface area contributed by atoms with Gasteiger partial charge in [0, 0.05) is 12.8 Å². The van der Waals surface area contributed by atoms with Crippen LogP contribution in [0.15, 0.2) is 0 Å². The maximum absolute atomic E-state index is 10.9. The van der Waals surface area contributed by atoms with Crippen molar-refractivity contribution in [2.24, 2.45) is 0 Å². The van der Waals surface area contributed by atoms with E-state index in [-0.39, 0.29) is 6.10 Å². The first-order chi connectivity index (χ1) is 6.84. The highest BCUT2D eigenvalue weighted by atomic mass is 16.7. The van der Waals surface area contributed by atoms with Crippen molar-refractivity contribution in [1.82, 2.24) is 0 Å². The highest BCUT2D eigenvalue weighted by molar-refractivity contribution is 4.73. The molecule has 0 aliphatic carbocycles. The van der Waals surface area contributed by atoms with Gasteiger partial charge in [0.25, 0.3) is 0 Å². The lowest BCUT2D eigenvalue weighted by Gasteiger charge is -2.22. The quantitative estimate of drug-likeness (QED) is 0.695. The zero-order chi connectivity index (χ0) is 9.80. The third-order valence-corrected chi connectivity index (χ3v) is 2.54. The first-order valence-corrected chi connectivity index (χ1v) is 5.27. The number of hydrogen-bond acceptors (Lipinski definition) is 3. The van der Waals surface area contributed by atoms with Crippen molar-refractivity contribution in [2.45, 2.75) is 44.5 Å².